The highest BCUT2D eigenvalue weighted by atomic mass is 16.6. The van der Waals surface area contributed by atoms with Gasteiger partial charge in [0, 0.05) is 19.3 Å². The lowest BCUT2D eigenvalue weighted by atomic mass is 10.1. The highest BCUT2D eigenvalue weighted by Crippen LogP contribution is 2.15. The minimum Gasteiger partial charge on any atom is -0.462 e. The Bertz CT molecular complexity index is 1080. The van der Waals surface area contributed by atoms with E-state index in [2.05, 4.69) is 57.2 Å². The lowest BCUT2D eigenvalue weighted by molar-refractivity contribution is -0.167. The van der Waals surface area contributed by atoms with Crippen LogP contribution in [0.1, 0.15) is 297 Å². The molecule has 0 aliphatic heterocycles. The van der Waals surface area contributed by atoms with Gasteiger partial charge in [-0.2, -0.15) is 0 Å². The lowest BCUT2D eigenvalue weighted by Crippen LogP contribution is -2.30. The smallest absolute Gasteiger partial charge is 0.306 e. The number of hydrogen-bond acceptors (Lipinski definition) is 6. The molecule has 374 valence electrons. The first kappa shape index (κ1) is 61.6. The molecule has 0 heterocycles. The van der Waals surface area contributed by atoms with Crippen molar-refractivity contribution in [1.82, 2.24) is 0 Å². The van der Waals surface area contributed by atoms with Gasteiger partial charge in [0.05, 0.1) is 0 Å². The normalized spacial score (nSPS) is 12.2. The molecule has 0 bridgehead atoms. The molecule has 6 heteroatoms. The Kier molecular flexibility index (Phi) is 51.3. The van der Waals surface area contributed by atoms with E-state index < -0.39 is 6.10 Å². The van der Waals surface area contributed by atoms with Crippen molar-refractivity contribution in [2.24, 2.45) is 0 Å². The number of esters is 3. The van der Waals surface area contributed by atoms with Gasteiger partial charge in [-0.3, -0.25) is 14.4 Å². The second-order valence-corrected chi connectivity index (χ2v) is 18.8. The van der Waals surface area contributed by atoms with E-state index in [1.54, 1.807) is 0 Å². The average molecular weight is 899 g/mol. The zero-order valence-corrected chi connectivity index (χ0v) is 42.8. The van der Waals surface area contributed by atoms with Gasteiger partial charge in [-0.1, -0.05) is 224 Å². The van der Waals surface area contributed by atoms with Crippen LogP contribution in [0.4, 0.5) is 0 Å². The van der Waals surface area contributed by atoms with Crippen LogP contribution in [0.15, 0.2) is 36.5 Å². The molecule has 0 aliphatic carbocycles. The van der Waals surface area contributed by atoms with Crippen molar-refractivity contribution >= 4 is 17.9 Å². The highest BCUT2D eigenvalue weighted by molar-refractivity contribution is 5.71. The van der Waals surface area contributed by atoms with Crippen molar-refractivity contribution in [3.63, 3.8) is 0 Å². The van der Waals surface area contributed by atoms with Crippen LogP contribution in [-0.4, -0.2) is 37.2 Å². The van der Waals surface area contributed by atoms with E-state index in [4.69, 9.17) is 14.2 Å². The SMILES string of the molecule is CCCC/C=C\CCCCCCCC(=O)OC[C@H](COC(=O)CCCCCCCCC/C=C\CCCCCCCCCC)OC(=O)CCCCCCC/C=C\CCCCCCCCC. The van der Waals surface area contributed by atoms with Crippen LogP contribution < -0.4 is 0 Å². The van der Waals surface area contributed by atoms with Gasteiger partial charge in [-0.05, 0) is 89.9 Å². The van der Waals surface area contributed by atoms with Crippen LogP contribution in [-0.2, 0) is 28.6 Å². The van der Waals surface area contributed by atoms with E-state index >= 15 is 0 Å². The molecule has 6 nitrogen and oxygen atoms in total. The highest BCUT2D eigenvalue weighted by Gasteiger charge is 2.19. The van der Waals surface area contributed by atoms with E-state index in [1.807, 2.05) is 0 Å². The Morgan fingerprint density at radius 3 is 0.828 bits per heavy atom. The van der Waals surface area contributed by atoms with Crippen molar-refractivity contribution in [3.8, 4) is 0 Å². The molecular formula is C58H106O6. The number of rotatable bonds is 51. The summed E-state index contributed by atoms with van der Waals surface area (Å²) in [6.07, 6.45) is 62.8. The molecule has 64 heavy (non-hydrogen) atoms. The first-order chi connectivity index (χ1) is 31.5. The molecule has 0 aromatic heterocycles. The molecule has 0 aliphatic rings. The van der Waals surface area contributed by atoms with E-state index in [0.29, 0.717) is 19.3 Å². The van der Waals surface area contributed by atoms with Gasteiger partial charge in [-0.15, -0.1) is 0 Å². The first-order valence-corrected chi connectivity index (χ1v) is 28.0. The van der Waals surface area contributed by atoms with Crippen molar-refractivity contribution < 1.29 is 28.6 Å². The molecule has 0 spiro atoms. The molecule has 0 fully saturated rings. The molecule has 0 N–H and O–H groups in total. The van der Waals surface area contributed by atoms with Crippen LogP contribution >= 0.6 is 0 Å². The number of carbonyl (C=O) groups is 3. The van der Waals surface area contributed by atoms with Gasteiger partial charge in [0.2, 0.25) is 0 Å². The summed E-state index contributed by atoms with van der Waals surface area (Å²) in [6, 6.07) is 0. The third kappa shape index (κ3) is 50.6. The summed E-state index contributed by atoms with van der Waals surface area (Å²) in [6.45, 7) is 6.61. The Balaban J connectivity index is 4.33. The van der Waals surface area contributed by atoms with E-state index in [9.17, 15) is 14.4 Å². The zero-order valence-electron chi connectivity index (χ0n) is 42.8. The molecule has 0 amide bonds. The third-order valence-electron chi connectivity index (χ3n) is 12.3. The number of unbranched alkanes of at least 4 members (excludes halogenated alkanes) is 34. The summed E-state index contributed by atoms with van der Waals surface area (Å²) >= 11 is 0. The second kappa shape index (κ2) is 53.2. The van der Waals surface area contributed by atoms with E-state index in [0.717, 1.165) is 70.6 Å². The van der Waals surface area contributed by atoms with Crippen molar-refractivity contribution in [1.29, 1.82) is 0 Å². The zero-order chi connectivity index (χ0) is 46.5. The molecule has 0 unspecified atom stereocenters. The standard InChI is InChI=1S/C58H106O6/c1-4-7-10-13-16-19-22-24-26-28-29-30-32-33-36-39-42-45-48-51-57(60)63-54-55(53-62-56(59)50-47-44-41-38-35-21-18-15-12-9-6-3)64-58(61)52-49-46-43-40-37-34-31-27-25-23-20-17-14-11-8-5-2/h15,18,27-29,31,55H,4-14,16-17,19-26,30,32-54H2,1-3H3/b18-15-,29-28-,31-27-/t55-/m1/s1. The largest absolute Gasteiger partial charge is 0.462 e. The predicted octanol–water partition coefficient (Wildman–Crippen LogP) is 18.5. The van der Waals surface area contributed by atoms with Gasteiger partial charge in [0.25, 0.3) is 0 Å². The maximum atomic E-state index is 12.8. The quantitative estimate of drug-likeness (QED) is 0.0262. The Morgan fingerprint density at radius 1 is 0.297 bits per heavy atom. The van der Waals surface area contributed by atoms with Crippen molar-refractivity contribution in [2.75, 3.05) is 13.2 Å². The summed E-state index contributed by atoms with van der Waals surface area (Å²) in [5.74, 6) is -0.889. The number of hydrogen-bond donors (Lipinski definition) is 0. The number of allylic oxidation sites excluding steroid dienone is 6. The predicted molar refractivity (Wildman–Crippen MR) is 275 cm³/mol. The Labute approximate surface area is 397 Å². The molecule has 0 saturated heterocycles. The molecular weight excluding hydrogens is 793 g/mol. The van der Waals surface area contributed by atoms with Crippen molar-refractivity contribution in [3.05, 3.63) is 36.5 Å². The fraction of sp³-hybridized carbons (Fsp3) is 0.845. The van der Waals surface area contributed by atoms with Crippen LogP contribution in [0.25, 0.3) is 0 Å². The topological polar surface area (TPSA) is 78.9 Å². The summed E-state index contributed by atoms with van der Waals surface area (Å²) in [5.41, 5.74) is 0. The van der Waals surface area contributed by atoms with Gasteiger partial charge >= 0.3 is 17.9 Å². The first-order valence-electron chi connectivity index (χ1n) is 28.0. The molecule has 0 aromatic rings. The summed E-state index contributed by atoms with van der Waals surface area (Å²) in [7, 11) is 0. The van der Waals surface area contributed by atoms with Crippen LogP contribution in [0.2, 0.25) is 0 Å². The Hall–Kier alpha value is -2.37. The third-order valence-corrected chi connectivity index (χ3v) is 12.3. The molecule has 0 aromatic carbocycles. The fourth-order valence-electron chi connectivity index (χ4n) is 8.06. The fourth-order valence-corrected chi connectivity index (χ4v) is 8.06. The van der Waals surface area contributed by atoms with Gasteiger partial charge < -0.3 is 14.2 Å². The lowest BCUT2D eigenvalue weighted by Gasteiger charge is -2.18. The maximum Gasteiger partial charge on any atom is 0.306 e. The van der Waals surface area contributed by atoms with Gasteiger partial charge in [-0.25, -0.2) is 0 Å². The average Bonchev–Trinajstić information content (AvgIpc) is 3.29. The second-order valence-electron chi connectivity index (χ2n) is 18.8. The number of ether oxygens (including phenoxy) is 3. The minimum atomic E-state index is -0.779. The van der Waals surface area contributed by atoms with Crippen LogP contribution in [0.3, 0.4) is 0 Å². The van der Waals surface area contributed by atoms with E-state index in [1.165, 1.54) is 186 Å². The van der Waals surface area contributed by atoms with Gasteiger partial charge in [0.1, 0.15) is 13.2 Å². The van der Waals surface area contributed by atoms with E-state index in [-0.39, 0.29) is 31.1 Å². The maximum absolute atomic E-state index is 12.8. The summed E-state index contributed by atoms with van der Waals surface area (Å²) in [5, 5.41) is 0. The monoisotopic (exact) mass is 899 g/mol. The minimum absolute atomic E-state index is 0.0786. The summed E-state index contributed by atoms with van der Waals surface area (Å²) < 4.78 is 16.8. The van der Waals surface area contributed by atoms with Crippen LogP contribution in [0, 0.1) is 0 Å². The molecule has 0 saturated carbocycles. The Morgan fingerprint density at radius 2 is 0.531 bits per heavy atom. The van der Waals surface area contributed by atoms with Crippen molar-refractivity contribution in [2.45, 2.75) is 303 Å². The summed E-state index contributed by atoms with van der Waals surface area (Å²) in [4.78, 5) is 38.0. The van der Waals surface area contributed by atoms with Crippen LogP contribution in [0.5, 0.6) is 0 Å². The number of carbonyl (C=O) groups excluding carboxylic acids is 3. The molecule has 0 rings (SSSR count). The molecule has 0 radical (unpaired) electrons. The molecule has 1 atom stereocenters. The van der Waals surface area contributed by atoms with Gasteiger partial charge in [0.15, 0.2) is 6.10 Å².